The molecule has 1 fully saturated rings. The van der Waals surface area contributed by atoms with Gasteiger partial charge in [-0.2, -0.15) is 0 Å². The fourth-order valence-electron chi connectivity index (χ4n) is 1.01. The molecule has 1 aliphatic rings. The number of hydrogen-bond acceptors (Lipinski definition) is 3. The molecule has 0 aromatic rings. The monoisotopic (exact) mass is 171 g/mol. The lowest BCUT2D eigenvalue weighted by molar-refractivity contribution is -0.150. The minimum Gasteiger partial charge on any atom is -0.462 e. The Morgan fingerprint density at radius 1 is 1.67 bits per heavy atom. The molecule has 1 rings (SSSR count). The average molecular weight is 171 g/mol. The van der Waals surface area contributed by atoms with Gasteiger partial charge in [-0.05, 0) is 32.1 Å². The van der Waals surface area contributed by atoms with E-state index in [-0.39, 0.29) is 18.1 Å². The number of esters is 1. The molecule has 0 aromatic carbocycles. The lowest BCUT2D eigenvalue weighted by Gasteiger charge is -2.14. The molecule has 0 radical (unpaired) electrons. The maximum Gasteiger partial charge on any atom is 0.323 e. The Kier molecular flexibility index (Phi) is 3.09. The smallest absolute Gasteiger partial charge is 0.323 e. The molecule has 0 saturated heterocycles. The number of nitrogens with two attached hydrogens (primary N) is 1. The first-order valence-corrected chi connectivity index (χ1v) is 4.61. The van der Waals surface area contributed by atoms with Crippen molar-refractivity contribution in [3.05, 3.63) is 0 Å². The van der Waals surface area contributed by atoms with Crippen LogP contribution in [0.5, 0.6) is 0 Å². The summed E-state index contributed by atoms with van der Waals surface area (Å²) >= 11 is 0. The predicted molar refractivity (Wildman–Crippen MR) is 46.5 cm³/mol. The highest BCUT2D eigenvalue weighted by atomic mass is 16.5. The number of carbonyl (C=O) groups excluding carboxylic acids is 1. The molecule has 3 nitrogen and oxygen atoms in total. The summed E-state index contributed by atoms with van der Waals surface area (Å²) < 4.78 is 5.10. The zero-order chi connectivity index (χ0) is 9.14. The van der Waals surface area contributed by atoms with Crippen LogP contribution in [0.25, 0.3) is 0 Å². The van der Waals surface area contributed by atoms with Gasteiger partial charge in [-0.15, -0.1) is 0 Å². The molecule has 0 amide bonds. The van der Waals surface area contributed by atoms with Crippen LogP contribution in [0.2, 0.25) is 0 Å². The first-order valence-electron chi connectivity index (χ1n) is 4.61. The Balaban J connectivity index is 2.26. The lowest BCUT2D eigenvalue weighted by atomic mass is 10.2. The standard InChI is InChI=1S/C9H17NO2/c1-3-6(2)12-9(11)8(10)7-4-5-7/h6-8H,3-5,10H2,1-2H3. The van der Waals surface area contributed by atoms with Gasteiger partial charge in [-0.25, -0.2) is 0 Å². The van der Waals surface area contributed by atoms with Gasteiger partial charge in [-0.1, -0.05) is 6.92 Å². The highest BCUT2D eigenvalue weighted by molar-refractivity contribution is 5.76. The maximum absolute atomic E-state index is 11.2. The summed E-state index contributed by atoms with van der Waals surface area (Å²) in [5, 5.41) is 0. The molecular weight excluding hydrogens is 154 g/mol. The summed E-state index contributed by atoms with van der Waals surface area (Å²) in [6.07, 6.45) is 3.01. The van der Waals surface area contributed by atoms with Crippen LogP contribution in [-0.4, -0.2) is 18.1 Å². The van der Waals surface area contributed by atoms with Crippen LogP contribution in [0.3, 0.4) is 0 Å². The van der Waals surface area contributed by atoms with Crippen molar-refractivity contribution in [1.29, 1.82) is 0 Å². The molecule has 1 saturated carbocycles. The summed E-state index contributed by atoms with van der Waals surface area (Å²) in [6.45, 7) is 3.87. The Labute approximate surface area is 73.3 Å². The van der Waals surface area contributed by atoms with E-state index in [1.165, 1.54) is 0 Å². The van der Waals surface area contributed by atoms with Crippen LogP contribution < -0.4 is 5.73 Å². The molecule has 2 atom stereocenters. The Bertz CT molecular complexity index is 166. The molecule has 2 unspecified atom stereocenters. The number of rotatable bonds is 4. The fourth-order valence-corrected chi connectivity index (χ4v) is 1.01. The van der Waals surface area contributed by atoms with Crippen molar-refractivity contribution in [2.45, 2.75) is 45.3 Å². The highest BCUT2D eigenvalue weighted by Gasteiger charge is 2.34. The molecule has 70 valence electrons. The van der Waals surface area contributed by atoms with Crippen molar-refractivity contribution in [2.75, 3.05) is 0 Å². The van der Waals surface area contributed by atoms with Gasteiger partial charge in [0.2, 0.25) is 0 Å². The van der Waals surface area contributed by atoms with E-state index >= 15 is 0 Å². The molecule has 1 aliphatic carbocycles. The second-order valence-electron chi connectivity index (χ2n) is 3.52. The minimum atomic E-state index is -0.376. The molecule has 0 aliphatic heterocycles. The van der Waals surface area contributed by atoms with Crippen molar-refractivity contribution >= 4 is 5.97 Å². The van der Waals surface area contributed by atoms with Crippen LogP contribution in [-0.2, 0) is 9.53 Å². The van der Waals surface area contributed by atoms with Gasteiger partial charge in [-0.3, -0.25) is 4.79 Å². The molecule has 0 bridgehead atoms. The van der Waals surface area contributed by atoms with Crippen LogP contribution in [0.15, 0.2) is 0 Å². The van der Waals surface area contributed by atoms with E-state index in [1.807, 2.05) is 13.8 Å². The number of ether oxygens (including phenoxy) is 1. The summed E-state index contributed by atoms with van der Waals surface area (Å²) in [5.74, 6) is 0.161. The molecule has 0 heterocycles. The quantitative estimate of drug-likeness (QED) is 0.643. The highest BCUT2D eigenvalue weighted by Crippen LogP contribution is 2.32. The van der Waals surface area contributed by atoms with Gasteiger partial charge in [0.15, 0.2) is 0 Å². The van der Waals surface area contributed by atoms with Gasteiger partial charge in [0.1, 0.15) is 6.04 Å². The van der Waals surface area contributed by atoms with E-state index in [1.54, 1.807) is 0 Å². The van der Waals surface area contributed by atoms with Crippen LogP contribution in [0.4, 0.5) is 0 Å². The van der Waals surface area contributed by atoms with Crippen LogP contribution >= 0.6 is 0 Å². The SMILES string of the molecule is CCC(C)OC(=O)C(N)C1CC1. The summed E-state index contributed by atoms with van der Waals surface area (Å²) in [5.41, 5.74) is 5.65. The van der Waals surface area contributed by atoms with E-state index < -0.39 is 0 Å². The fraction of sp³-hybridized carbons (Fsp3) is 0.889. The first kappa shape index (κ1) is 9.52. The van der Waals surface area contributed by atoms with Crippen molar-refractivity contribution in [3.8, 4) is 0 Å². The van der Waals surface area contributed by atoms with Crippen molar-refractivity contribution in [3.63, 3.8) is 0 Å². The second kappa shape index (κ2) is 3.90. The van der Waals surface area contributed by atoms with Crippen molar-refractivity contribution < 1.29 is 9.53 Å². The Hall–Kier alpha value is -0.570. The van der Waals surface area contributed by atoms with E-state index in [9.17, 15) is 4.79 Å². The number of hydrogen-bond donors (Lipinski definition) is 1. The first-order chi connectivity index (χ1) is 5.65. The molecule has 0 spiro atoms. The third-order valence-corrected chi connectivity index (χ3v) is 2.29. The minimum absolute atomic E-state index is 0.00213. The molecule has 3 heteroatoms. The van der Waals surface area contributed by atoms with E-state index in [0.29, 0.717) is 5.92 Å². The molecule has 0 aromatic heterocycles. The van der Waals surface area contributed by atoms with Gasteiger partial charge >= 0.3 is 5.97 Å². The molecule has 2 N–H and O–H groups in total. The summed E-state index contributed by atoms with van der Waals surface area (Å²) in [4.78, 5) is 11.2. The third-order valence-electron chi connectivity index (χ3n) is 2.29. The van der Waals surface area contributed by atoms with Crippen LogP contribution in [0, 0.1) is 5.92 Å². The largest absolute Gasteiger partial charge is 0.462 e. The second-order valence-corrected chi connectivity index (χ2v) is 3.52. The molecular formula is C9H17NO2. The van der Waals surface area contributed by atoms with Crippen molar-refractivity contribution in [2.24, 2.45) is 11.7 Å². The maximum atomic E-state index is 11.2. The van der Waals surface area contributed by atoms with Crippen molar-refractivity contribution in [1.82, 2.24) is 0 Å². The normalized spacial score (nSPS) is 21.6. The van der Waals surface area contributed by atoms with E-state index in [0.717, 1.165) is 19.3 Å². The molecule has 12 heavy (non-hydrogen) atoms. The van der Waals surface area contributed by atoms with Gasteiger partial charge in [0, 0.05) is 0 Å². The summed E-state index contributed by atoms with van der Waals surface area (Å²) in [6, 6.07) is -0.376. The number of carbonyl (C=O) groups is 1. The van der Waals surface area contributed by atoms with Gasteiger partial charge in [0.25, 0.3) is 0 Å². The van der Waals surface area contributed by atoms with Gasteiger partial charge in [0.05, 0.1) is 6.10 Å². The topological polar surface area (TPSA) is 52.3 Å². The zero-order valence-corrected chi connectivity index (χ0v) is 7.75. The summed E-state index contributed by atoms with van der Waals surface area (Å²) in [7, 11) is 0. The van der Waals surface area contributed by atoms with E-state index in [4.69, 9.17) is 10.5 Å². The van der Waals surface area contributed by atoms with E-state index in [2.05, 4.69) is 0 Å². The zero-order valence-electron chi connectivity index (χ0n) is 7.75. The average Bonchev–Trinajstić information content (AvgIpc) is 2.85. The Morgan fingerprint density at radius 2 is 2.25 bits per heavy atom. The van der Waals surface area contributed by atoms with Gasteiger partial charge < -0.3 is 10.5 Å². The third kappa shape index (κ3) is 2.48. The lowest BCUT2D eigenvalue weighted by Crippen LogP contribution is -2.36. The van der Waals surface area contributed by atoms with Crippen LogP contribution in [0.1, 0.15) is 33.1 Å². The predicted octanol–water partition coefficient (Wildman–Crippen LogP) is 1.07. The Morgan fingerprint density at radius 3 is 2.67 bits per heavy atom.